The summed E-state index contributed by atoms with van der Waals surface area (Å²) >= 11 is 5.23. The molecule has 0 saturated carbocycles. The van der Waals surface area contributed by atoms with Gasteiger partial charge in [-0.2, -0.15) is 0 Å². The molecule has 0 fully saturated rings. The first-order chi connectivity index (χ1) is 11.4. The van der Waals surface area contributed by atoms with Crippen LogP contribution in [-0.4, -0.2) is 18.1 Å². The minimum Gasteiger partial charge on any atom is -0.496 e. The van der Waals surface area contributed by atoms with Crippen LogP contribution >= 0.6 is 12.2 Å². The fourth-order valence-corrected chi connectivity index (χ4v) is 2.60. The number of thiocarbonyl (C=S) groups is 1. The Kier molecular flexibility index (Phi) is 5.93. The fourth-order valence-electron chi connectivity index (χ4n) is 2.39. The van der Waals surface area contributed by atoms with Gasteiger partial charge in [-0.25, -0.2) is 0 Å². The molecule has 0 radical (unpaired) electrons. The van der Waals surface area contributed by atoms with Crippen LogP contribution in [0.25, 0.3) is 0 Å². The molecule has 0 aliphatic heterocycles. The molecule has 0 heterocycles. The van der Waals surface area contributed by atoms with Gasteiger partial charge < -0.3 is 10.1 Å². The molecule has 126 valence electrons. The van der Waals surface area contributed by atoms with Crippen LogP contribution in [0.3, 0.4) is 0 Å². The molecule has 2 rings (SSSR count). The van der Waals surface area contributed by atoms with Gasteiger partial charge in [-0.1, -0.05) is 38.1 Å². The maximum Gasteiger partial charge on any atom is 0.261 e. The maximum absolute atomic E-state index is 12.4. The summed E-state index contributed by atoms with van der Waals surface area (Å²) in [6.07, 6.45) is 0. The molecule has 0 saturated heterocycles. The summed E-state index contributed by atoms with van der Waals surface area (Å²) < 4.78 is 5.31. The Hall–Kier alpha value is -2.40. The van der Waals surface area contributed by atoms with E-state index in [1.165, 1.54) is 5.56 Å². The Morgan fingerprint density at radius 1 is 1.12 bits per heavy atom. The number of ether oxygens (including phenoxy) is 1. The van der Waals surface area contributed by atoms with E-state index in [1.54, 1.807) is 13.2 Å². The van der Waals surface area contributed by atoms with E-state index in [-0.39, 0.29) is 11.0 Å². The Bertz CT molecular complexity index is 740. The lowest BCUT2D eigenvalue weighted by atomic mass is 10.0. The summed E-state index contributed by atoms with van der Waals surface area (Å²) in [5.74, 6) is 0.727. The summed E-state index contributed by atoms with van der Waals surface area (Å²) in [4.78, 5) is 12.4. The van der Waals surface area contributed by atoms with Crippen molar-refractivity contribution < 1.29 is 9.53 Å². The van der Waals surface area contributed by atoms with Gasteiger partial charge in [-0.3, -0.25) is 10.1 Å². The van der Waals surface area contributed by atoms with Crippen LogP contribution in [0.5, 0.6) is 5.75 Å². The molecular weight excluding hydrogens is 320 g/mol. The Morgan fingerprint density at radius 2 is 1.79 bits per heavy atom. The van der Waals surface area contributed by atoms with Crippen LogP contribution in [0, 0.1) is 6.92 Å². The zero-order valence-electron chi connectivity index (χ0n) is 14.3. The minimum atomic E-state index is -0.299. The molecule has 0 aliphatic rings. The van der Waals surface area contributed by atoms with Crippen LogP contribution < -0.4 is 15.4 Å². The molecule has 2 N–H and O–H groups in total. The van der Waals surface area contributed by atoms with Crippen LogP contribution in [0.4, 0.5) is 5.69 Å². The third kappa shape index (κ3) is 4.32. The number of rotatable bonds is 4. The lowest BCUT2D eigenvalue weighted by molar-refractivity contribution is 0.0974. The van der Waals surface area contributed by atoms with Crippen LogP contribution in [-0.2, 0) is 0 Å². The van der Waals surface area contributed by atoms with Crippen molar-refractivity contribution in [1.29, 1.82) is 0 Å². The van der Waals surface area contributed by atoms with Crippen LogP contribution in [0.2, 0.25) is 0 Å². The number of hydrogen-bond donors (Lipinski definition) is 2. The van der Waals surface area contributed by atoms with Gasteiger partial charge in [0.05, 0.1) is 12.7 Å². The summed E-state index contributed by atoms with van der Waals surface area (Å²) in [6, 6.07) is 13.4. The predicted octanol–water partition coefficient (Wildman–Crippen LogP) is 4.25. The van der Waals surface area contributed by atoms with Gasteiger partial charge >= 0.3 is 0 Å². The number of hydrogen-bond acceptors (Lipinski definition) is 3. The number of carbonyl (C=O) groups excluding carboxylic acids is 1. The summed E-state index contributed by atoms with van der Waals surface area (Å²) in [7, 11) is 1.55. The standard InChI is InChI=1S/C19H22N2O2S/c1-12(2)14-8-10-15(11-9-14)20-19(24)21-18(22)16-7-5-6-13(3)17(16)23-4/h5-12H,1-4H3,(H2,20,21,22,24). The Morgan fingerprint density at radius 3 is 2.38 bits per heavy atom. The number of aryl methyl sites for hydroxylation is 1. The highest BCUT2D eigenvalue weighted by atomic mass is 32.1. The largest absolute Gasteiger partial charge is 0.496 e. The number of nitrogens with one attached hydrogen (secondary N) is 2. The average molecular weight is 342 g/mol. The van der Waals surface area contributed by atoms with E-state index in [0.29, 0.717) is 17.2 Å². The lowest BCUT2D eigenvalue weighted by Crippen LogP contribution is -2.34. The molecule has 2 aromatic rings. The molecule has 0 aromatic heterocycles. The van der Waals surface area contributed by atoms with E-state index in [2.05, 4.69) is 24.5 Å². The molecule has 0 unspecified atom stereocenters. The van der Waals surface area contributed by atoms with E-state index in [4.69, 9.17) is 17.0 Å². The van der Waals surface area contributed by atoms with Crippen molar-refractivity contribution in [1.82, 2.24) is 5.32 Å². The third-order valence-electron chi connectivity index (χ3n) is 3.72. The average Bonchev–Trinajstić information content (AvgIpc) is 2.54. The minimum absolute atomic E-state index is 0.251. The zero-order valence-corrected chi connectivity index (χ0v) is 15.2. The van der Waals surface area contributed by atoms with Crippen molar-refractivity contribution in [3.8, 4) is 5.75 Å². The third-order valence-corrected chi connectivity index (χ3v) is 3.93. The molecule has 2 aromatic carbocycles. The van der Waals surface area contributed by atoms with Crippen molar-refractivity contribution in [2.75, 3.05) is 12.4 Å². The van der Waals surface area contributed by atoms with Gasteiger partial charge in [-0.15, -0.1) is 0 Å². The van der Waals surface area contributed by atoms with Crippen molar-refractivity contribution in [2.24, 2.45) is 0 Å². The number of anilines is 1. The second kappa shape index (κ2) is 7.93. The fraction of sp³-hybridized carbons (Fsp3) is 0.263. The van der Waals surface area contributed by atoms with E-state index in [1.807, 2.05) is 43.3 Å². The molecule has 4 nitrogen and oxygen atoms in total. The van der Waals surface area contributed by atoms with Crippen molar-refractivity contribution >= 4 is 28.9 Å². The second-order valence-electron chi connectivity index (χ2n) is 5.84. The second-order valence-corrected chi connectivity index (χ2v) is 6.25. The van der Waals surface area contributed by atoms with Crippen molar-refractivity contribution in [3.05, 3.63) is 59.2 Å². The number of amides is 1. The summed E-state index contributed by atoms with van der Waals surface area (Å²) in [6.45, 7) is 6.17. The van der Waals surface area contributed by atoms with Gasteiger partial charge in [-0.05, 0) is 54.4 Å². The first-order valence-electron chi connectivity index (χ1n) is 7.78. The summed E-state index contributed by atoms with van der Waals surface area (Å²) in [5.41, 5.74) is 3.44. The van der Waals surface area contributed by atoms with E-state index < -0.39 is 0 Å². The van der Waals surface area contributed by atoms with Crippen molar-refractivity contribution in [2.45, 2.75) is 26.7 Å². The van der Waals surface area contributed by atoms with Gasteiger partial charge in [0.15, 0.2) is 5.11 Å². The first-order valence-corrected chi connectivity index (χ1v) is 8.19. The number of carbonyl (C=O) groups is 1. The van der Waals surface area contributed by atoms with E-state index in [9.17, 15) is 4.79 Å². The van der Waals surface area contributed by atoms with Gasteiger partial charge in [0.25, 0.3) is 5.91 Å². The van der Waals surface area contributed by atoms with Crippen LogP contribution in [0.15, 0.2) is 42.5 Å². The predicted molar refractivity (Wildman–Crippen MR) is 102 cm³/mol. The maximum atomic E-state index is 12.4. The molecular formula is C19H22N2O2S. The molecule has 0 bridgehead atoms. The highest BCUT2D eigenvalue weighted by Crippen LogP contribution is 2.22. The number of benzene rings is 2. The normalized spacial score (nSPS) is 10.4. The first kappa shape index (κ1) is 17.9. The number of methoxy groups -OCH3 is 1. The van der Waals surface area contributed by atoms with E-state index >= 15 is 0 Å². The SMILES string of the molecule is COc1c(C)cccc1C(=O)NC(=S)Nc1ccc(C(C)C)cc1. The zero-order chi connectivity index (χ0) is 17.7. The molecule has 5 heteroatoms. The van der Waals surface area contributed by atoms with Gasteiger partial charge in [0, 0.05) is 5.69 Å². The van der Waals surface area contributed by atoms with Gasteiger partial charge in [0.1, 0.15) is 5.75 Å². The monoisotopic (exact) mass is 342 g/mol. The molecule has 0 aliphatic carbocycles. The highest BCUT2D eigenvalue weighted by molar-refractivity contribution is 7.80. The van der Waals surface area contributed by atoms with Crippen LogP contribution in [0.1, 0.15) is 41.3 Å². The number of para-hydroxylation sites is 1. The smallest absolute Gasteiger partial charge is 0.261 e. The topological polar surface area (TPSA) is 50.4 Å². The molecule has 24 heavy (non-hydrogen) atoms. The quantitative estimate of drug-likeness (QED) is 0.816. The molecule has 1 amide bonds. The Labute approximate surface area is 148 Å². The Balaban J connectivity index is 2.04. The van der Waals surface area contributed by atoms with Gasteiger partial charge in [0.2, 0.25) is 0 Å². The molecule has 0 spiro atoms. The highest BCUT2D eigenvalue weighted by Gasteiger charge is 2.15. The van der Waals surface area contributed by atoms with Crippen molar-refractivity contribution in [3.63, 3.8) is 0 Å². The lowest BCUT2D eigenvalue weighted by Gasteiger charge is -2.13. The van der Waals surface area contributed by atoms with E-state index in [0.717, 1.165) is 11.3 Å². The summed E-state index contributed by atoms with van der Waals surface area (Å²) in [5, 5.41) is 5.96. The molecule has 0 atom stereocenters.